The Labute approximate surface area is 127 Å². The first-order chi connectivity index (χ1) is 9.65. The lowest BCUT2D eigenvalue weighted by atomic mass is 9.93. The Morgan fingerprint density at radius 1 is 1.45 bits per heavy atom. The molecule has 1 aromatic carbocycles. The van der Waals surface area contributed by atoms with E-state index in [1.807, 2.05) is 12.1 Å². The van der Waals surface area contributed by atoms with Crippen molar-refractivity contribution in [2.75, 3.05) is 31.6 Å². The summed E-state index contributed by atoms with van der Waals surface area (Å²) in [7, 11) is 1.65. The Bertz CT molecular complexity index is 438. The third-order valence-electron chi connectivity index (χ3n) is 4.06. The van der Waals surface area contributed by atoms with E-state index in [9.17, 15) is 0 Å². The zero-order chi connectivity index (χ0) is 14.5. The van der Waals surface area contributed by atoms with Crippen molar-refractivity contribution < 1.29 is 4.74 Å². The molecule has 3 nitrogen and oxygen atoms in total. The number of rotatable bonds is 5. The molecule has 1 heterocycles. The topological polar surface area (TPSA) is 24.5 Å². The number of hydrogen-bond donors (Lipinski definition) is 1. The number of halogens is 1. The van der Waals surface area contributed by atoms with Gasteiger partial charge in [-0.15, -0.1) is 0 Å². The number of nitrogens with one attached hydrogen (secondary N) is 1. The number of anilines is 1. The number of hydrogen-bond acceptors (Lipinski definition) is 3. The maximum Gasteiger partial charge on any atom is 0.137 e. The lowest BCUT2D eigenvalue weighted by Crippen LogP contribution is -2.48. The van der Waals surface area contributed by atoms with Crippen LogP contribution in [0, 0.1) is 5.92 Å². The largest absolute Gasteiger partial charge is 0.495 e. The molecule has 2 rings (SSSR count). The molecule has 0 saturated carbocycles. The summed E-state index contributed by atoms with van der Waals surface area (Å²) >= 11 is 6.22. The normalized spacial score (nSPS) is 22.9. The van der Waals surface area contributed by atoms with Gasteiger partial charge in [0.1, 0.15) is 5.75 Å². The van der Waals surface area contributed by atoms with Crippen LogP contribution >= 0.6 is 11.6 Å². The van der Waals surface area contributed by atoms with Gasteiger partial charge in [0.15, 0.2) is 0 Å². The minimum absolute atomic E-state index is 0.639. The minimum atomic E-state index is 0.639. The summed E-state index contributed by atoms with van der Waals surface area (Å²) in [5.41, 5.74) is 1.19. The molecule has 1 N–H and O–H groups in total. The summed E-state index contributed by atoms with van der Waals surface area (Å²) in [4.78, 5) is 2.42. The van der Waals surface area contributed by atoms with E-state index in [2.05, 4.69) is 30.1 Å². The van der Waals surface area contributed by atoms with Crippen molar-refractivity contribution >= 4 is 17.3 Å². The Kier molecular flexibility index (Phi) is 5.55. The first-order valence-corrected chi connectivity index (χ1v) is 7.85. The maximum atomic E-state index is 6.22. The van der Waals surface area contributed by atoms with Gasteiger partial charge in [-0.2, -0.15) is 0 Å². The second-order valence-corrected chi connectivity index (χ2v) is 6.00. The molecule has 1 aromatic rings. The minimum Gasteiger partial charge on any atom is -0.495 e. The zero-order valence-electron chi connectivity index (χ0n) is 12.7. The van der Waals surface area contributed by atoms with E-state index in [0.29, 0.717) is 17.0 Å². The summed E-state index contributed by atoms with van der Waals surface area (Å²) in [6, 6.07) is 6.69. The van der Waals surface area contributed by atoms with Crippen LogP contribution in [0.2, 0.25) is 5.02 Å². The fraction of sp³-hybridized carbons (Fsp3) is 0.625. The van der Waals surface area contributed by atoms with Gasteiger partial charge >= 0.3 is 0 Å². The first-order valence-electron chi connectivity index (χ1n) is 7.47. The molecule has 0 radical (unpaired) electrons. The SMILES string of the molecule is CCCNC1CCN(c2ccc(OC)c(Cl)c2)CC1C. The molecule has 4 heteroatoms. The molecule has 20 heavy (non-hydrogen) atoms. The van der Waals surface area contributed by atoms with Gasteiger partial charge in [-0.1, -0.05) is 25.4 Å². The fourth-order valence-electron chi connectivity index (χ4n) is 2.87. The average molecular weight is 297 g/mol. The lowest BCUT2D eigenvalue weighted by molar-refractivity contribution is 0.322. The Morgan fingerprint density at radius 2 is 2.25 bits per heavy atom. The molecule has 0 bridgehead atoms. The monoisotopic (exact) mass is 296 g/mol. The van der Waals surface area contributed by atoms with Crippen LogP contribution in [0.5, 0.6) is 5.75 Å². The van der Waals surface area contributed by atoms with Crippen LogP contribution in [0.25, 0.3) is 0 Å². The molecule has 0 aliphatic carbocycles. The van der Waals surface area contributed by atoms with Crippen molar-refractivity contribution in [3.63, 3.8) is 0 Å². The number of piperidine rings is 1. The molecule has 2 unspecified atom stereocenters. The van der Waals surface area contributed by atoms with Crippen LogP contribution in [0.1, 0.15) is 26.7 Å². The van der Waals surface area contributed by atoms with E-state index in [1.54, 1.807) is 7.11 Å². The van der Waals surface area contributed by atoms with E-state index < -0.39 is 0 Å². The molecule has 1 aliphatic rings. The summed E-state index contributed by atoms with van der Waals surface area (Å²) in [6.07, 6.45) is 2.38. The molecule has 0 amide bonds. The number of benzene rings is 1. The predicted molar refractivity (Wildman–Crippen MR) is 86.1 cm³/mol. The van der Waals surface area contributed by atoms with Gasteiger partial charge in [0, 0.05) is 24.8 Å². The maximum absolute atomic E-state index is 6.22. The number of nitrogens with zero attached hydrogens (tertiary/aromatic N) is 1. The van der Waals surface area contributed by atoms with Crippen molar-refractivity contribution in [2.24, 2.45) is 5.92 Å². The molecule has 1 aliphatic heterocycles. The molecule has 0 spiro atoms. The quantitative estimate of drug-likeness (QED) is 0.899. The summed E-state index contributed by atoms with van der Waals surface area (Å²) in [6.45, 7) is 7.80. The highest BCUT2D eigenvalue weighted by Gasteiger charge is 2.25. The van der Waals surface area contributed by atoms with Crippen LogP contribution in [-0.4, -0.2) is 32.8 Å². The molecular weight excluding hydrogens is 272 g/mol. The highest BCUT2D eigenvalue weighted by atomic mass is 35.5. The van der Waals surface area contributed by atoms with Gasteiger partial charge in [-0.3, -0.25) is 0 Å². The van der Waals surface area contributed by atoms with Crippen LogP contribution in [-0.2, 0) is 0 Å². The van der Waals surface area contributed by atoms with Crippen LogP contribution in [0.4, 0.5) is 5.69 Å². The van der Waals surface area contributed by atoms with E-state index in [-0.39, 0.29) is 0 Å². The van der Waals surface area contributed by atoms with Gasteiger partial charge in [0.05, 0.1) is 12.1 Å². The zero-order valence-corrected chi connectivity index (χ0v) is 13.4. The number of methoxy groups -OCH3 is 1. The van der Waals surface area contributed by atoms with Gasteiger partial charge in [-0.25, -0.2) is 0 Å². The summed E-state index contributed by atoms with van der Waals surface area (Å²) < 4.78 is 5.21. The highest BCUT2D eigenvalue weighted by molar-refractivity contribution is 6.32. The predicted octanol–water partition coefficient (Wildman–Crippen LogP) is 3.56. The van der Waals surface area contributed by atoms with Crippen LogP contribution in [0.3, 0.4) is 0 Å². The summed E-state index contributed by atoms with van der Waals surface area (Å²) in [5, 5.41) is 4.33. The third-order valence-corrected chi connectivity index (χ3v) is 4.36. The van der Waals surface area contributed by atoms with Crippen molar-refractivity contribution in [3.8, 4) is 5.75 Å². The van der Waals surface area contributed by atoms with Crippen LogP contribution < -0.4 is 15.0 Å². The van der Waals surface area contributed by atoms with Gasteiger partial charge < -0.3 is 15.0 Å². The molecule has 1 saturated heterocycles. The van der Waals surface area contributed by atoms with E-state index in [4.69, 9.17) is 16.3 Å². The Hall–Kier alpha value is -0.930. The lowest BCUT2D eigenvalue weighted by Gasteiger charge is -2.39. The first kappa shape index (κ1) is 15.5. The molecule has 0 aromatic heterocycles. The van der Waals surface area contributed by atoms with Crippen LogP contribution in [0.15, 0.2) is 18.2 Å². The Morgan fingerprint density at radius 3 is 2.85 bits per heavy atom. The smallest absolute Gasteiger partial charge is 0.137 e. The average Bonchev–Trinajstić information content (AvgIpc) is 2.46. The van der Waals surface area contributed by atoms with Gasteiger partial charge in [0.2, 0.25) is 0 Å². The summed E-state index contributed by atoms with van der Waals surface area (Å²) in [5.74, 6) is 1.39. The molecule has 2 atom stereocenters. The highest BCUT2D eigenvalue weighted by Crippen LogP contribution is 2.31. The second-order valence-electron chi connectivity index (χ2n) is 5.59. The van der Waals surface area contributed by atoms with E-state index in [1.165, 1.54) is 18.5 Å². The van der Waals surface area contributed by atoms with E-state index >= 15 is 0 Å². The molecule has 112 valence electrons. The molecular formula is C16H25ClN2O. The van der Waals surface area contributed by atoms with E-state index in [0.717, 1.165) is 25.4 Å². The van der Waals surface area contributed by atoms with Gasteiger partial charge in [0.25, 0.3) is 0 Å². The van der Waals surface area contributed by atoms with Gasteiger partial charge in [-0.05, 0) is 43.5 Å². The van der Waals surface area contributed by atoms with Crippen molar-refractivity contribution in [1.29, 1.82) is 0 Å². The Balaban J connectivity index is 2.00. The standard InChI is InChI=1S/C16H25ClN2O/c1-4-8-18-15-7-9-19(11-12(15)2)13-5-6-16(20-3)14(17)10-13/h5-6,10,12,15,18H,4,7-9,11H2,1-3H3. The van der Waals surface area contributed by atoms with Crippen molar-refractivity contribution in [1.82, 2.24) is 5.32 Å². The number of ether oxygens (including phenoxy) is 1. The second kappa shape index (κ2) is 7.19. The third kappa shape index (κ3) is 3.58. The van der Waals surface area contributed by atoms with Crippen molar-refractivity contribution in [3.05, 3.63) is 23.2 Å². The molecule has 1 fully saturated rings. The van der Waals surface area contributed by atoms with Crippen molar-refractivity contribution in [2.45, 2.75) is 32.7 Å². The fourth-order valence-corrected chi connectivity index (χ4v) is 3.12.